The van der Waals surface area contributed by atoms with E-state index in [-0.39, 0.29) is 5.91 Å². The van der Waals surface area contributed by atoms with Crippen LogP contribution in [0, 0.1) is 0 Å². The molecule has 5 nitrogen and oxygen atoms in total. The van der Waals surface area contributed by atoms with Crippen molar-refractivity contribution >= 4 is 17.6 Å². The van der Waals surface area contributed by atoms with Gasteiger partial charge in [-0.05, 0) is 18.6 Å². The smallest absolute Gasteiger partial charge is 0.339 e. The molecule has 1 aromatic rings. The predicted octanol–water partition coefficient (Wildman–Crippen LogP) is 1.86. The quantitative estimate of drug-likeness (QED) is 0.582. The Kier molecular flexibility index (Phi) is 6.02. The maximum Gasteiger partial charge on any atom is 0.339 e. The molecule has 0 bridgehead atoms. The minimum atomic E-state index is -0.452. The van der Waals surface area contributed by atoms with Crippen molar-refractivity contribution in [3.05, 3.63) is 29.8 Å². The average molecular weight is 265 g/mol. The number of esters is 1. The fourth-order valence-corrected chi connectivity index (χ4v) is 1.72. The first kappa shape index (κ1) is 15.2. The third-order valence-electron chi connectivity index (χ3n) is 2.78. The van der Waals surface area contributed by atoms with Gasteiger partial charge in [0.2, 0.25) is 5.91 Å². The first-order valence-electron chi connectivity index (χ1n) is 6.04. The summed E-state index contributed by atoms with van der Waals surface area (Å²) in [6.45, 7) is 0.540. The lowest BCUT2D eigenvalue weighted by Crippen LogP contribution is -2.28. The normalized spacial score (nSPS) is 10.1. The summed E-state index contributed by atoms with van der Waals surface area (Å²) in [5, 5.41) is 0. The van der Waals surface area contributed by atoms with Crippen LogP contribution in [-0.4, -0.2) is 39.8 Å². The van der Waals surface area contributed by atoms with Crippen LogP contribution in [0.4, 0.5) is 5.69 Å². The van der Waals surface area contributed by atoms with Crippen molar-refractivity contribution < 1.29 is 19.1 Å². The molecule has 0 aliphatic rings. The monoisotopic (exact) mass is 265 g/mol. The zero-order valence-electron chi connectivity index (χ0n) is 11.5. The van der Waals surface area contributed by atoms with Gasteiger partial charge in [-0.2, -0.15) is 0 Å². The molecule has 0 unspecified atom stereocenters. The van der Waals surface area contributed by atoms with Crippen LogP contribution in [-0.2, 0) is 14.3 Å². The van der Waals surface area contributed by atoms with Gasteiger partial charge in [-0.25, -0.2) is 4.79 Å². The highest BCUT2D eigenvalue weighted by atomic mass is 16.5. The van der Waals surface area contributed by atoms with Crippen LogP contribution >= 0.6 is 0 Å². The SMILES string of the molecule is COCCCC(=O)N(C)c1ccccc1C(=O)OC. The molecule has 0 saturated heterocycles. The second-order valence-corrected chi connectivity index (χ2v) is 4.06. The number of carbonyl (C=O) groups excluding carboxylic acids is 2. The Morgan fingerprint density at radius 2 is 1.89 bits per heavy atom. The number of ether oxygens (including phenoxy) is 2. The van der Waals surface area contributed by atoms with Crippen molar-refractivity contribution in [1.29, 1.82) is 0 Å². The fraction of sp³-hybridized carbons (Fsp3) is 0.429. The number of hydrogen-bond acceptors (Lipinski definition) is 4. The van der Waals surface area contributed by atoms with Crippen LogP contribution < -0.4 is 4.90 Å². The topological polar surface area (TPSA) is 55.8 Å². The van der Waals surface area contributed by atoms with E-state index in [1.807, 2.05) is 0 Å². The number of carbonyl (C=O) groups is 2. The lowest BCUT2D eigenvalue weighted by atomic mass is 10.1. The summed E-state index contributed by atoms with van der Waals surface area (Å²) < 4.78 is 9.62. The molecule has 0 aliphatic heterocycles. The van der Waals surface area contributed by atoms with Crippen molar-refractivity contribution in [2.24, 2.45) is 0 Å². The van der Waals surface area contributed by atoms with Crippen LogP contribution in [0.15, 0.2) is 24.3 Å². The molecule has 19 heavy (non-hydrogen) atoms. The molecule has 1 aromatic carbocycles. The molecule has 0 N–H and O–H groups in total. The third kappa shape index (κ3) is 4.06. The fourth-order valence-electron chi connectivity index (χ4n) is 1.72. The molecule has 1 rings (SSSR count). The van der Waals surface area contributed by atoms with Crippen LogP contribution in [0.2, 0.25) is 0 Å². The molecule has 0 spiro atoms. The summed E-state index contributed by atoms with van der Waals surface area (Å²) in [5.74, 6) is -0.513. The first-order chi connectivity index (χ1) is 9.11. The van der Waals surface area contributed by atoms with Crippen molar-refractivity contribution in [3.8, 4) is 0 Å². The van der Waals surface area contributed by atoms with E-state index in [9.17, 15) is 9.59 Å². The standard InChI is InChI=1S/C14H19NO4/c1-15(13(16)9-6-10-18-2)12-8-5-4-7-11(12)14(17)19-3/h4-5,7-8H,6,9-10H2,1-3H3. The van der Waals surface area contributed by atoms with Crippen molar-refractivity contribution in [2.45, 2.75) is 12.8 Å². The van der Waals surface area contributed by atoms with E-state index in [2.05, 4.69) is 0 Å². The summed E-state index contributed by atoms with van der Waals surface area (Å²) in [6.07, 6.45) is 1.03. The Bertz CT molecular complexity index is 445. The van der Waals surface area contributed by atoms with Crippen molar-refractivity contribution in [3.63, 3.8) is 0 Å². The van der Waals surface area contributed by atoms with Gasteiger partial charge in [0.1, 0.15) is 0 Å². The van der Waals surface area contributed by atoms with E-state index in [4.69, 9.17) is 9.47 Å². The molecule has 1 amide bonds. The molecule has 104 valence electrons. The van der Waals surface area contributed by atoms with Gasteiger partial charge in [0, 0.05) is 27.2 Å². The minimum absolute atomic E-state index is 0.0617. The Balaban J connectivity index is 2.84. The molecule has 0 saturated carbocycles. The van der Waals surface area contributed by atoms with Crippen LogP contribution in [0.1, 0.15) is 23.2 Å². The lowest BCUT2D eigenvalue weighted by Gasteiger charge is -2.19. The molecule has 0 fully saturated rings. The number of rotatable bonds is 6. The van der Waals surface area contributed by atoms with Gasteiger partial charge in [-0.1, -0.05) is 12.1 Å². The number of nitrogens with zero attached hydrogens (tertiary/aromatic N) is 1. The second kappa shape index (κ2) is 7.53. The van der Waals surface area contributed by atoms with E-state index in [1.54, 1.807) is 38.4 Å². The first-order valence-corrected chi connectivity index (χ1v) is 6.04. The zero-order valence-corrected chi connectivity index (χ0v) is 11.5. The third-order valence-corrected chi connectivity index (χ3v) is 2.78. The van der Waals surface area contributed by atoms with Gasteiger partial charge in [-0.3, -0.25) is 4.79 Å². The molecule has 0 aromatic heterocycles. The largest absolute Gasteiger partial charge is 0.465 e. The Morgan fingerprint density at radius 1 is 1.21 bits per heavy atom. The predicted molar refractivity (Wildman–Crippen MR) is 72.3 cm³/mol. The molecule has 0 aliphatic carbocycles. The number of methoxy groups -OCH3 is 2. The van der Waals surface area contributed by atoms with E-state index in [0.717, 1.165) is 0 Å². The van der Waals surface area contributed by atoms with Crippen LogP contribution in [0.3, 0.4) is 0 Å². The summed E-state index contributed by atoms with van der Waals surface area (Å²) in [7, 11) is 4.57. The average Bonchev–Trinajstić information content (AvgIpc) is 2.45. The number of amides is 1. The van der Waals surface area contributed by atoms with Gasteiger partial charge in [-0.15, -0.1) is 0 Å². The number of hydrogen-bond donors (Lipinski definition) is 0. The van der Waals surface area contributed by atoms with Gasteiger partial charge in [0.15, 0.2) is 0 Å². The lowest BCUT2D eigenvalue weighted by molar-refractivity contribution is -0.118. The van der Waals surface area contributed by atoms with E-state index < -0.39 is 5.97 Å². The van der Waals surface area contributed by atoms with Crippen molar-refractivity contribution in [2.75, 3.05) is 32.8 Å². The minimum Gasteiger partial charge on any atom is -0.465 e. The maximum absolute atomic E-state index is 12.0. The highest BCUT2D eigenvalue weighted by Gasteiger charge is 2.18. The molecular weight excluding hydrogens is 246 g/mol. The Hall–Kier alpha value is -1.88. The van der Waals surface area contributed by atoms with Gasteiger partial charge < -0.3 is 14.4 Å². The summed E-state index contributed by atoms with van der Waals surface area (Å²) in [4.78, 5) is 25.1. The second-order valence-electron chi connectivity index (χ2n) is 4.06. The highest BCUT2D eigenvalue weighted by molar-refractivity contribution is 6.02. The Morgan fingerprint density at radius 3 is 2.53 bits per heavy atom. The number of para-hydroxylation sites is 1. The molecule has 5 heteroatoms. The highest BCUT2D eigenvalue weighted by Crippen LogP contribution is 2.20. The van der Waals surface area contributed by atoms with Gasteiger partial charge >= 0.3 is 5.97 Å². The van der Waals surface area contributed by atoms with E-state index in [1.165, 1.54) is 12.0 Å². The molecule has 0 heterocycles. The summed E-state index contributed by atoms with van der Waals surface area (Å²) in [5.41, 5.74) is 0.935. The maximum atomic E-state index is 12.0. The molecule has 0 atom stereocenters. The van der Waals surface area contributed by atoms with Gasteiger partial charge in [0.25, 0.3) is 0 Å². The summed E-state index contributed by atoms with van der Waals surface area (Å²) in [6, 6.07) is 6.88. The number of anilines is 1. The number of benzene rings is 1. The summed E-state index contributed by atoms with van der Waals surface area (Å²) >= 11 is 0. The van der Waals surface area contributed by atoms with Crippen LogP contribution in [0.25, 0.3) is 0 Å². The van der Waals surface area contributed by atoms with E-state index >= 15 is 0 Å². The van der Waals surface area contributed by atoms with Crippen LogP contribution in [0.5, 0.6) is 0 Å². The Labute approximate surface area is 113 Å². The van der Waals surface area contributed by atoms with E-state index in [0.29, 0.717) is 30.7 Å². The molecular formula is C14H19NO4. The van der Waals surface area contributed by atoms with Gasteiger partial charge in [0.05, 0.1) is 18.4 Å². The molecule has 0 radical (unpaired) electrons. The zero-order chi connectivity index (χ0) is 14.3. The van der Waals surface area contributed by atoms with Crippen molar-refractivity contribution in [1.82, 2.24) is 0 Å².